The van der Waals surface area contributed by atoms with Gasteiger partial charge in [-0.1, -0.05) is 66.5 Å². The second-order valence-corrected chi connectivity index (χ2v) is 12.8. The smallest absolute Gasteiger partial charge is 0.339 e. The zero-order chi connectivity index (χ0) is 26.1. The fraction of sp³-hybridized carbons (Fsp3) is 0.552. The Balaban J connectivity index is 1.61. The van der Waals surface area contributed by atoms with Gasteiger partial charge in [0.15, 0.2) is 11.4 Å². The fourth-order valence-corrected chi connectivity index (χ4v) is 9.39. The summed E-state index contributed by atoms with van der Waals surface area (Å²) in [6, 6.07) is 8.56. The number of fused-ring (bicyclic) bond motifs is 5. The van der Waals surface area contributed by atoms with E-state index in [1.807, 2.05) is 19.9 Å². The molecule has 0 unspecified atom stereocenters. The molecule has 0 saturated heterocycles. The van der Waals surface area contributed by atoms with Gasteiger partial charge < -0.3 is 14.9 Å². The van der Waals surface area contributed by atoms with Gasteiger partial charge in [-0.3, -0.25) is 9.59 Å². The molecule has 6 nitrogen and oxygen atoms in total. The van der Waals surface area contributed by atoms with E-state index in [9.17, 15) is 24.6 Å². The van der Waals surface area contributed by atoms with E-state index in [0.717, 1.165) is 12.0 Å². The van der Waals surface area contributed by atoms with Crippen molar-refractivity contribution in [2.75, 3.05) is 6.61 Å². The van der Waals surface area contributed by atoms with E-state index in [1.54, 1.807) is 42.5 Å². The van der Waals surface area contributed by atoms with Crippen molar-refractivity contribution >= 4 is 33.5 Å². The normalized spacial score (nSPS) is 43.2. The lowest BCUT2D eigenvalue weighted by atomic mass is 9.46. The Labute approximate surface area is 219 Å². The third-order valence-electron chi connectivity index (χ3n) is 10.0. The van der Waals surface area contributed by atoms with Crippen LogP contribution in [0.25, 0.3) is 0 Å². The average molecular weight is 557 g/mol. The second kappa shape index (κ2) is 8.47. The van der Waals surface area contributed by atoms with Gasteiger partial charge in [0.1, 0.15) is 6.61 Å². The molecule has 0 radical (unpaired) electrons. The summed E-state index contributed by atoms with van der Waals surface area (Å²) >= 11 is 4.02. The van der Waals surface area contributed by atoms with Crippen LogP contribution in [0.4, 0.5) is 0 Å². The van der Waals surface area contributed by atoms with E-state index in [1.165, 1.54) is 0 Å². The first-order valence-electron chi connectivity index (χ1n) is 12.7. The van der Waals surface area contributed by atoms with Crippen LogP contribution in [-0.4, -0.2) is 50.4 Å². The molecule has 3 saturated carbocycles. The summed E-state index contributed by atoms with van der Waals surface area (Å²) in [5.41, 5.74) is -1.68. The number of hydrogen-bond acceptors (Lipinski definition) is 6. The highest BCUT2D eigenvalue weighted by molar-refractivity contribution is 9.10. The van der Waals surface area contributed by atoms with Crippen molar-refractivity contribution in [1.29, 1.82) is 0 Å². The third kappa shape index (κ3) is 3.12. The zero-order valence-electron chi connectivity index (χ0n) is 20.9. The molecule has 0 aromatic heterocycles. The lowest BCUT2D eigenvalue weighted by molar-refractivity contribution is -0.179. The number of benzene rings is 1. The van der Waals surface area contributed by atoms with Crippen molar-refractivity contribution < 1.29 is 29.3 Å². The Hall–Kier alpha value is -2.09. The number of carbonyl (C=O) groups is 3. The van der Waals surface area contributed by atoms with Crippen LogP contribution in [0.2, 0.25) is 0 Å². The summed E-state index contributed by atoms with van der Waals surface area (Å²) in [6.07, 6.45) is 6.57. The maximum absolute atomic E-state index is 13.6. The molecular formula is C29H33BrO6. The van der Waals surface area contributed by atoms with E-state index < -0.39 is 45.2 Å². The highest BCUT2D eigenvalue weighted by Crippen LogP contribution is 2.72. The Bertz CT molecular complexity index is 1180. The number of aliphatic hydroxyl groups excluding tert-OH is 2. The lowest BCUT2D eigenvalue weighted by Crippen LogP contribution is -2.69. The molecule has 0 amide bonds. The number of ether oxygens (including phenoxy) is 1. The van der Waals surface area contributed by atoms with Crippen LogP contribution >= 0.6 is 15.9 Å². The summed E-state index contributed by atoms with van der Waals surface area (Å²) in [5.74, 6) is -1.62. The Morgan fingerprint density at radius 2 is 1.86 bits per heavy atom. The van der Waals surface area contributed by atoms with Crippen LogP contribution in [0, 0.1) is 28.6 Å². The van der Waals surface area contributed by atoms with Crippen molar-refractivity contribution in [1.82, 2.24) is 0 Å². The molecule has 1 aromatic carbocycles. The molecule has 7 heteroatoms. The maximum Gasteiger partial charge on any atom is 0.339 e. The molecule has 3 fully saturated rings. The second-order valence-electron chi connectivity index (χ2n) is 11.5. The number of esters is 1. The molecule has 2 N–H and O–H groups in total. The quantitative estimate of drug-likeness (QED) is 0.426. The van der Waals surface area contributed by atoms with E-state index in [0.29, 0.717) is 18.4 Å². The Kier molecular flexibility index (Phi) is 6.01. The summed E-state index contributed by atoms with van der Waals surface area (Å²) in [7, 11) is 0. The zero-order valence-corrected chi connectivity index (χ0v) is 22.5. The highest BCUT2D eigenvalue weighted by Gasteiger charge is 2.76. The first-order valence-corrected chi connectivity index (χ1v) is 13.5. The number of carbonyl (C=O) groups excluding carboxylic acids is 3. The van der Waals surface area contributed by atoms with Gasteiger partial charge in [-0.2, -0.15) is 0 Å². The number of halogens is 1. The summed E-state index contributed by atoms with van der Waals surface area (Å²) < 4.78 is 5.44. The van der Waals surface area contributed by atoms with Gasteiger partial charge in [0.05, 0.1) is 16.0 Å². The SMILES string of the molecule is C[C@H]1C[C@H]2[C@@H]3CCC4=CC(=O)C=C[C@]4(C)[C@@]3(Br)[C@@H](O)C[C@]2(C)[C@@]1(OC(=O)c1ccccc1)C(=O)CO. The minimum atomic E-state index is -1.57. The van der Waals surface area contributed by atoms with Crippen LogP contribution in [-0.2, 0) is 14.3 Å². The van der Waals surface area contributed by atoms with Gasteiger partial charge in [0.2, 0.25) is 5.78 Å². The molecule has 5 rings (SSSR count). The number of rotatable bonds is 4. The predicted octanol–water partition coefficient (Wildman–Crippen LogP) is 4.19. The molecule has 0 heterocycles. The number of aliphatic hydroxyl groups is 2. The van der Waals surface area contributed by atoms with E-state index in [2.05, 4.69) is 22.9 Å². The first kappa shape index (κ1) is 25.6. The Morgan fingerprint density at radius 1 is 1.17 bits per heavy atom. The first-order chi connectivity index (χ1) is 17.0. The molecule has 36 heavy (non-hydrogen) atoms. The maximum atomic E-state index is 13.6. The van der Waals surface area contributed by atoms with Gasteiger partial charge in [-0.05, 0) is 61.8 Å². The van der Waals surface area contributed by atoms with Crippen LogP contribution < -0.4 is 0 Å². The van der Waals surface area contributed by atoms with Crippen LogP contribution in [0.5, 0.6) is 0 Å². The number of Topliss-reactive ketones (excluding diaryl/α,β-unsaturated/α-hetero) is 1. The van der Waals surface area contributed by atoms with Gasteiger partial charge in [0, 0.05) is 16.7 Å². The minimum Gasteiger partial charge on any atom is -0.446 e. The van der Waals surface area contributed by atoms with Gasteiger partial charge >= 0.3 is 5.97 Å². The average Bonchev–Trinajstić information content (AvgIpc) is 3.07. The topological polar surface area (TPSA) is 101 Å². The molecular weight excluding hydrogens is 524 g/mol. The van der Waals surface area contributed by atoms with Crippen molar-refractivity contribution in [2.45, 2.75) is 62.5 Å². The van der Waals surface area contributed by atoms with Crippen molar-refractivity contribution in [2.24, 2.45) is 28.6 Å². The number of allylic oxidation sites excluding steroid dienone is 4. The highest BCUT2D eigenvalue weighted by atomic mass is 79.9. The molecule has 0 bridgehead atoms. The number of hydrogen-bond donors (Lipinski definition) is 2. The summed E-state index contributed by atoms with van der Waals surface area (Å²) in [6.45, 7) is 5.17. The molecule has 4 aliphatic carbocycles. The van der Waals surface area contributed by atoms with Crippen molar-refractivity contribution in [3.8, 4) is 0 Å². The van der Waals surface area contributed by atoms with Crippen LogP contribution in [0.3, 0.4) is 0 Å². The van der Waals surface area contributed by atoms with Crippen molar-refractivity contribution in [3.05, 3.63) is 59.7 Å². The molecule has 0 aliphatic heterocycles. The van der Waals surface area contributed by atoms with Gasteiger partial charge in [-0.25, -0.2) is 4.79 Å². The monoisotopic (exact) mass is 556 g/mol. The van der Waals surface area contributed by atoms with Crippen LogP contribution in [0.1, 0.15) is 56.8 Å². The predicted molar refractivity (Wildman–Crippen MR) is 137 cm³/mol. The van der Waals surface area contributed by atoms with E-state index in [4.69, 9.17) is 4.74 Å². The molecule has 4 aliphatic rings. The fourth-order valence-electron chi connectivity index (χ4n) is 8.30. The lowest BCUT2D eigenvalue weighted by Gasteiger charge is -2.64. The third-order valence-corrected chi connectivity index (χ3v) is 11.9. The molecule has 0 spiro atoms. The number of alkyl halides is 1. The minimum absolute atomic E-state index is 0.0398. The van der Waals surface area contributed by atoms with Crippen LogP contribution in [0.15, 0.2) is 54.1 Å². The summed E-state index contributed by atoms with van der Waals surface area (Å²) in [5, 5.41) is 21.9. The summed E-state index contributed by atoms with van der Waals surface area (Å²) in [4.78, 5) is 39.0. The van der Waals surface area contributed by atoms with Gasteiger partial charge in [-0.15, -0.1) is 0 Å². The number of ketones is 2. The molecule has 192 valence electrons. The van der Waals surface area contributed by atoms with Crippen molar-refractivity contribution in [3.63, 3.8) is 0 Å². The molecule has 1 aromatic rings. The standard InChI is InChI=1S/C29H33BrO6/c1-17-13-22-21-10-9-19-14-20(32)11-12-26(19,2)28(21,30)23(33)15-27(22,3)29(17,24(34)16-31)36-25(35)18-7-5-4-6-8-18/h4-8,11-12,14,17,21-23,31,33H,9-10,13,15-16H2,1-3H3/t17-,21-,22-,23-,26-,27-,28-,29-/m0/s1. The Morgan fingerprint density at radius 3 is 2.53 bits per heavy atom. The van der Waals surface area contributed by atoms with E-state index >= 15 is 0 Å². The largest absolute Gasteiger partial charge is 0.446 e. The van der Waals surface area contributed by atoms with Gasteiger partial charge in [0.25, 0.3) is 0 Å². The molecule has 8 atom stereocenters. The van der Waals surface area contributed by atoms with E-state index in [-0.39, 0.29) is 30.0 Å².